The number of nitrogens with zero attached hydrogens (tertiary/aromatic N) is 2. The van der Waals surface area contributed by atoms with Crippen molar-refractivity contribution in [3.05, 3.63) is 52.1 Å². The molecule has 1 N–H and O–H groups in total. The Kier molecular flexibility index (Phi) is 5.24. The van der Waals surface area contributed by atoms with Crippen LogP contribution in [-0.4, -0.2) is 28.4 Å². The molecular formula is C16H16N2O5. The highest BCUT2D eigenvalue weighted by molar-refractivity contribution is 6.36. The van der Waals surface area contributed by atoms with Crippen LogP contribution in [-0.2, 0) is 16.0 Å². The molecule has 0 aliphatic heterocycles. The van der Waals surface area contributed by atoms with Gasteiger partial charge in [0.25, 0.3) is 5.69 Å². The molecule has 0 amide bonds. The number of carbonyl (C=O) groups excluding carboxylic acids is 1. The number of nitro benzene ring substituents is 1. The summed E-state index contributed by atoms with van der Waals surface area (Å²) in [7, 11) is 0. The first-order chi connectivity index (χ1) is 11.1. The molecule has 0 radical (unpaired) electrons. The molecule has 0 unspecified atom stereocenters. The number of fused-ring (bicyclic) bond motifs is 1. The van der Waals surface area contributed by atoms with Gasteiger partial charge >= 0.3 is 5.97 Å². The van der Waals surface area contributed by atoms with Crippen LogP contribution < -0.4 is 0 Å². The van der Waals surface area contributed by atoms with Crippen LogP contribution in [0, 0.1) is 10.1 Å². The van der Waals surface area contributed by atoms with E-state index in [1.165, 1.54) is 0 Å². The molecule has 7 heteroatoms. The Bertz CT molecular complexity index is 770. The van der Waals surface area contributed by atoms with Gasteiger partial charge in [-0.2, -0.15) is 0 Å². The predicted molar refractivity (Wildman–Crippen MR) is 84.8 cm³/mol. The van der Waals surface area contributed by atoms with E-state index in [2.05, 4.69) is 5.16 Å². The molecule has 0 saturated carbocycles. The molecule has 0 heterocycles. The van der Waals surface area contributed by atoms with E-state index in [9.17, 15) is 14.9 Å². The fourth-order valence-corrected chi connectivity index (χ4v) is 2.38. The molecule has 23 heavy (non-hydrogen) atoms. The number of ether oxygens (including phenoxy) is 1. The standard InChI is InChI=1S/C16H16N2O5/c1-2-23-16(19)14(17-20)10-9-12-8-7-11-5-3-4-6-13(11)15(12)18(21)22/h3-8,20H,2,9-10H2,1H3. The average Bonchev–Trinajstić information content (AvgIpc) is 2.54. The van der Waals surface area contributed by atoms with Crippen LogP contribution in [0.3, 0.4) is 0 Å². The van der Waals surface area contributed by atoms with E-state index in [4.69, 9.17) is 9.94 Å². The zero-order chi connectivity index (χ0) is 16.8. The van der Waals surface area contributed by atoms with E-state index >= 15 is 0 Å². The van der Waals surface area contributed by atoms with Gasteiger partial charge in [-0.1, -0.05) is 35.5 Å². The summed E-state index contributed by atoms with van der Waals surface area (Å²) >= 11 is 0. The quantitative estimate of drug-likeness (QED) is 0.290. The van der Waals surface area contributed by atoms with Gasteiger partial charge < -0.3 is 9.94 Å². The Morgan fingerprint density at radius 2 is 2.04 bits per heavy atom. The van der Waals surface area contributed by atoms with Crippen molar-refractivity contribution in [2.75, 3.05) is 6.61 Å². The van der Waals surface area contributed by atoms with Crippen LogP contribution in [0.15, 0.2) is 41.6 Å². The van der Waals surface area contributed by atoms with Crippen molar-refractivity contribution < 1.29 is 19.7 Å². The average molecular weight is 316 g/mol. The number of oxime groups is 1. The Balaban J connectivity index is 2.31. The molecule has 0 aliphatic carbocycles. The summed E-state index contributed by atoms with van der Waals surface area (Å²) in [4.78, 5) is 22.6. The summed E-state index contributed by atoms with van der Waals surface area (Å²) in [5.74, 6) is -0.724. The molecule has 7 nitrogen and oxygen atoms in total. The van der Waals surface area contributed by atoms with Crippen molar-refractivity contribution in [2.24, 2.45) is 5.16 Å². The first-order valence-electron chi connectivity index (χ1n) is 7.11. The van der Waals surface area contributed by atoms with Gasteiger partial charge in [0.2, 0.25) is 0 Å². The third kappa shape index (κ3) is 3.63. The summed E-state index contributed by atoms with van der Waals surface area (Å²) < 4.78 is 4.77. The van der Waals surface area contributed by atoms with E-state index in [-0.39, 0.29) is 30.8 Å². The topological polar surface area (TPSA) is 102 Å². The fourth-order valence-electron chi connectivity index (χ4n) is 2.38. The minimum atomic E-state index is -0.724. The maximum Gasteiger partial charge on any atom is 0.356 e. The second kappa shape index (κ2) is 7.35. The molecule has 0 aliphatic rings. The van der Waals surface area contributed by atoms with Crippen molar-refractivity contribution in [1.82, 2.24) is 0 Å². The number of rotatable bonds is 6. The van der Waals surface area contributed by atoms with Gasteiger partial charge in [-0.3, -0.25) is 10.1 Å². The first-order valence-corrected chi connectivity index (χ1v) is 7.11. The second-order valence-electron chi connectivity index (χ2n) is 4.82. The van der Waals surface area contributed by atoms with Crippen LogP contribution >= 0.6 is 0 Å². The van der Waals surface area contributed by atoms with Crippen molar-refractivity contribution in [1.29, 1.82) is 0 Å². The molecule has 0 fully saturated rings. The third-order valence-corrected chi connectivity index (χ3v) is 3.43. The van der Waals surface area contributed by atoms with Gasteiger partial charge in [0.05, 0.1) is 16.9 Å². The van der Waals surface area contributed by atoms with Crippen molar-refractivity contribution in [3.8, 4) is 0 Å². The van der Waals surface area contributed by atoms with Gasteiger partial charge in [0.1, 0.15) is 0 Å². The third-order valence-electron chi connectivity index (χ3n) is 3.43. The molecule has 0 saturated heterocycles. The van der Waals surface area contributed by atoms with Crippen LogP contribution in [0.4, 0.5) is 5.69 Å². The van der Waals surface area contributed by atoms with E-state index in [0.29, 0.717) is 10.9 Å². The maximum atomic E-state index is 11.6. The second-order valence-corrected chi connectivity index (χ2v) is 4.82. The van der Waals surface area contributed by atoms with Crippen molar-refractivity contribution in [2.45, 2.75) is 19.8 Å². The van der Waals surface area contributed by atoms with Gasteiger partial charge in [-0.15, -0.1) is 0 Å². The Hall–Kier alpha value is -2.96. The SMILES string of the molecule is CCOC(=O)C(CCc1ccc2ccccc2c1[N+](=O)[O-])=NO. The molecule has 2 rings (SSSR count). The van der Waals surface area contributed by atoms with Crippen LogP contribution in [0.1, 0.15) is 18.9 Å². The van der Waals surface area contributed by atoms with E-state index in [1.807, 2.05) is 6.07 Å². The summed E-state index contributed by atoms with van der Waals surface area (Å²) in [6.45, 7) is 1.80. The molecule has 2 aromatic rings. The van der Waals surface area contributed by atoms with Crippen LogP contribution in [0.2, 0.25) is 0 Å². The monoisotopic (exact) mass is 316 g/mol. The highest BCUT2D eigenvalue weighted by atomic mass is 16.6. The lowest BCUT2D eigenvalue weighted by Crippen LogP contribution is -2.18. The zero-order valence-electron chi connectivity index (χ0n) is 12.6. The Morgan fingerprint density at radius 3 is 2.70 bits per heavy atom. The Morgan fingerprint density at radius 1 is 1.30 bits per heavy atom. The van der Waals surface area contributed by atoms with Gasteiger partial charge in [-0.25, -0.2) is 4.79 Å². The highest BCUT2D eigenvalue weighted by Crippen LogP contribution is 2.30. The molecule has 0 atom stereocenters. The van der Waals surface area contributed by atoms with Gasteiger partial charge in [0, 0.05) is 12.0 Å². The molecule has 0 spiro atoms. The van der Waals surface area contributed by atoms with Crippen molar-refractivity contribution in [3.63, 3.8) is 0 Å². The largest absolute Gasteiger partial charge is 0.461 e. The minimum Gasteiger partial charge on any atom is -0.461 e. The molecule has 120 valence electrons. The van der Waals surface area contributed by atoms with E-state index in [1.54, 1.807) is 37.3 Å². The van der Waals surface area contributed by atoms with Crippen molar-refractivity contribution >= 4 is 28.1 Å². The number of nitro groups is 1. The number of hydrogen-bond donors (Lipinski definition) is 1. The molecular weight excluding hydrogens is 300 g/mol. The lowest BCUT2D eigenvalue weighted by atomic mass is 10.00. The number of esters is 1. The fraction of sp³-hybridized carbons (Fsp3) is 0.250. The van der Waals surface area contributed by atoms with Crippen LogP contribution in [0.25, 0.3) is 10.8 Å². The minimum absolute atomic E-state index is 0.00393. The van der Waals surface area contributed by atoms with Gasteiger partial charge in [-0.05, 0) is 24.8 Å². The summed E-state index contributed by atoms with van der Waals surface area (Å²) in [6, 6.07) is 10.5. The lowest BCUT2D eigenvalue weighted by molar-refractivity contribution is -0.383. The highest BCUT2D eigenvalue weighted by Gasteiger charge is 2.20. The Labute approximate surface area is 132 Å². The maximum absolute atomic E-state index is 11.6. The van der Waals surface area contributed by atoms with E-state index < -0.39 is 10.9 Å². The lowest BCUT2D eigenvalue weighted by Gasteiger charge is -2.07. The first kappa shape index (κ1) is 16.4. The number of benzene rings is 2. The van der Waals surface area contributed by atoms with Crippen LogP contribution in [0.5, 0.6) is 0 Å². The summed E-state index contributed by atoms with van der Waals surface area (Å²) in [5.41, 5.74) is 0.317. The molecule has 0 aromatic heterocycles. The molecule has 2 aromatic carbocycles. The number of hydrogen-bond acceptors (Lipinski definition) is 6. The normalized spacial score (nSPS) is 11.4. The number of carbonyl (C=O) groups is 1. The van der Waals surface area contributed by atoms with E-state index in [0.717, 1.165) is 5.39 Å². The van der Waals surface area contributed by atoms with Gasteiger partial charge in [0.15, 0.2) is 5.71 Å². The zero-order valence-corrected chi connectivity index (χ0v) is 12.6. The smallest absolute Gasteiger partial charge is 0.356 e. The summed E-state index contributed by atoms with van der Waals surface area (Å²) in [5, 5.41) is 24.6. The molecule has 0 bridgehead atoms. The number of aryl methyl sites for hydroxylation is 1. The predicted octanol–water partition coefficient (Wildman–Crippen LogP) is 3.07. The summed E-state index contributed by atoms with van der Waals surface area (Å²) in [6.07, 6.45) is 0.244.